The predicted octanol–water partition coefficient (Wildman–Crippen LogP) is 14.0. The van der Waals surface area contributed by atoms with E-state index < -0.39 is 126 Å². The number of benzene rings is 6. The minimum absolute atomic E-state index is 0.0490. The number of aliphatic imine (C=N–C) groups is 2. The summed E-state index contributed by atoms with van der Waals surface area (Å²) in [5.41, 5.74) is -7.05. The van der Waals surface area contributed by atoms with Crippen molar-refractivity contribution in [2.75, 3.05) is 0 Å². The van der Waals surface area contributed by atoms with Crippen molar-refractivity contribution in [2.45, 2.75) is 37.3 Å². The highest BCUT2D eigenvalue weighted by atomic mass is 32.1. The first-order valence-electron chi connectivity index (χ1n) is 29.9. The first-order chi connectivity index (χ1) is 47.5. The summed E-state index contributed by atoms with van der Waals surface area (Å²) in [6.45, 7) is -1.43. The molecule has 0 aliphatic heterocycles. The van der Waals surface area contributed by atoms with Gasteiger partial charge in [-0.2, -0.15) is 21.0 Å². The molecule has 14 rings (SSSR count). The predicted molar refractivity (Wildman–Crippen MR) is 348 cm³/mol. The molecule has 6 aliphatic rings. The third-order valence-electron chi connectivity index (χ3n) is 17.5. The van der Waals surface area contributed by atoms with E-state index in [1.807, 2.05) is 0 Å². The maximum absolute atomic E-state index is 15.8. The number of hydrogen-bond acceptors (Lipinski definition) is 18. The second-order valence-electron chi connectivity index (χ2n) is 23.0. The van der Waals surface area contributed by atoms with Crippen molar-refractivity contribution in [3.05, 3.63) is 293 Å². The van der Waals surface area contributed by atoms with Gasteiger partial charge >= 0.3 is 23.9 Å². The van der Waals surface area contributed by atoms with Crippen molar-refractivity contribution < 1.29 is 65.3 Å². The number of allylic oxidation sites excluding steroid dienone is 10. The van der Waals surface area contributed by atoms with Crippen LogP contribution in [0.1, 0.15) is 75.0 Å². The lowest BCUT2D eigenvalue weighted by Gasteiger charge is -2.35. The van der Waals surface area contributed by atoms with Gasteiger partial charge in [0.2, 0.25) is 22.4 Å². The number of halogens is 4. The van der Waals surface area contributed by atoms with E-state index in [0.717, 1.165) is 22.7 Å². The first kappa shape index (κ1) is 62.8. The number of Topliss-reactive ketones (excluding diaryl/α,β-unsaturated/α-hetero) is 2. The average Bonchev–Trinajstić information content (AvgIpc) is 1.52. The number of thiophene rings is 2. The summed E-state index contributed by atoms with van der Waals surface area (Å²) in [4.78, 5) is 102. The van der Waals surface area contributed by atoms with Crippen LogP contribution in [0.15, 0.2) is 214 Å². The Bertz CT molecular complexity index is 4870. The molecule has 2 aromatic heterocycles. The minimum atomic E-state index is -2.54. The average molecular weight is 1340 g/mol. The van der Waals surface area contributed by atoms with Crippen molar-refractivity contribution in [3.63, 3.8) is 0 Å². The second-order valence-corrected chi connectivity index (χ2v) is 25.1. The van der Waals surface area contributed by atoms with Gasteiger partial charge in [-0.25, -0.2) is 27.5 Å². The summed E-state index contributed by atoms with van der Waals surface area (Å²) in [5, 5.41) is 40.5. The number of nitrogens with zero attached hydrogens (tertiary/aromatic N) is 6. The summed E-state index contributed by atoms with van der Waals surface area (Å²) < 4.78 is 84.5. The zero-order valence-electron chi connectivity index (χ0n) is 50.4. The molecule has 0 N–H and O–H groups in total. The lowest BCUT2D eigenvalue weighted by molar-refractivity contribution is -0.166. The highest BCUT2D eigenvalue weighted by Crippen LogP contribution is 2.63. The van der Waals surface area contributed by atoms with Crippen LogP contribution in [0.3, 0.4) is 0 Å². The quantitative estimate of drug-likeness (QED) is 0.0322. The Morgan fingerprint density at radius 1 is 0.418 bits per heavy atom. The van der Waals surface area contributed by atoms with E-state index in [1.54, 1.807) is 170 Å². The molecule has 2 heterocycles. The van der Waals surface area contributed by atoms with Gasteiger partial charge in [-0.15, -0.1) is 22.7 Å². The topological polar surface area (TPSA) is 259 Å². The Balaban J connectivity index is 0.984. The summed E-state index contributed by atoms with van der Waals surface area (Å²) >= 11 is 1.73. The highest BCUT2D eigenvalue weighted by Gasteiger charge is 2.64. The maximum Gasteiger partial charge on any atom is 0.333 e. The molecule has 8 aromatic rings. The molecule has 474 valence electrons. The van der Waals surface area contributed by atoms with Crippen molar-refractivity contribution in [1.82, 2.24) is 0 Å². The molecular weight excluding hydrogens is 1300 g/mol. The van der Waals surface area contributed by atoms with Crippen LogP contribution in [0.25, 0.3) is 22.3 Å². The number of ketones is 2. The van der Waals surface area contributed by atoms with E-state index in [2.05, 4.69) is 9.98 Å². The van der Waals surface area contributed by atoms with Crippen LogP contribution < -0.4 is 0 Å². The standard InChI is InChI=1S/C76H40F4N6O10S2/c77-57-25-47-49(27-59(57)79)67(87)65(63(47)45(31-81)32-82)85-61-29-55-69(97-61)51-21-44-24-54-52(22-43(44)23-53(51)75(55,71(89)93-35-39-13-5-1-6-14-39)72(90)94-36-40-15-7-2-8-16-40)70-56(30-62(98-70)86-66-64(46(33-83)34-84)48-26-58(78)60(80)28-50(48)68(66)88)76(54,73(91)95-37-41-17-9-3-10-18-41)74(92)96-38-42-19-11-4-12-20-42/h1-30,43-44H,35-38H2. The normalized spacial score (nSPS) is 17.5. The largest absolute Gasteiger partial charge is 0.459 e. The zero-order chi connectivity index (χ0) is 68.3. The summed E-state index contributed by atoms with van der Waals surface area (Å²) in [6, 6.07) is 46.5. The van der Waals surface area contributed by atoms with E-state index in [-0.39, 0.29) is 90.7 Å². The second kappa shape index (κ2) is 24.9. The molecular formula is C76H40F4N6O10S2. The van der Waals surface area contributed by atoms with Crippen LogP contribution in [0.5, 0.6) is 0 Å². The molecule has 0 fully saturated rings. The Hall–Kier alpha value is -12.6. The molecule has 6 aliphatic carbocycles. The molecule has 2 atom stereocenters. The SMILES string of the molecule is N#CC(C#N)=C1C(=Nc2cc3c(s2)C2=CC4C=C5C(=CC4C=C2C3(C(=O)OCc2ccccc2)C(=O)OCc2ccccc2)c2sc(N=C3C(=O)c4cc(F)c(F)cc4C3=C(C#N)C#N)cc2C5(C(=O)OCc2ccccc2)C(=O)OCc2ccccc2)C(=O)c2cc(F)c(F)cc21. The molecule has 98 heavy (non-hydrogen) atoms. The fourth-order valence-corrected chi connectivity index (χ4v) is 15.3. The molecule has 0 saturated carbocycles. The Kier molecular flexibility index (Phi) is 16.0. The third-order valence-corrected chi connectivity index (χ3v) is 19.6. The summed E-state index contributed by atoms with van der Waals surface area (Å²) in [6.07, 6.45) is 6.74. The number of nitriles is 4. The lowest BCUT2D eigenvalue weighted by atomic mass is 9.68. The van der Waals surface area contributed by atoms with Gasteiger partial charge in [0.15, 0.2) is 23.3 Å². The van der Waals surface area contributed by atoms with Crippen LogP contribution in [0.4, 0.5) is 27.6 Å². The Morgan fingerprint density at radius 2 is 0.704 bits per heavy atom. The number of carbonyl (C=O) groups is 6. The molecule has 0 amide bonds. The fourth-order valence-electron chi connectivity index (χ4n) is 13.0. The van der Waals surface area contributed by atoms with Crippen molar-refractivity contribution in [2.24, 2.45) is 21.8 Å². The molecule has 0 bridgehead atoms. The minimum Gasteiger partial charge on any atom is -0.459 e. The third kappa shape index (κ3) is 10.2. The van der Waals surface area contributed by atoms with E-state index in [9.17, 15) is 39.4 Å². The van der Waals surface area contributed by atoms with Gasteiger partial charge in [0.05, 0.1) is 0 Å². The van der Waals surface area contributed by atoms with Crippen LogP contribution in [-0.2, 0) is 75.4 Å². The van der Waals surface area contributed by atoms with Crippen LogP contribution in [-0.4, -0.2) is 46.9 Å². The summed E-state index contributed by atoms with van der Waals surface area (Å²) in [5.74, 6) is -13.8. The molecule has 6 aromatic carbocycles. The summed E-state index contributed by atoms with van der Waals surface area (Å²) in [7, 11) is 0. The van der Waals surface area contributed by atoms with E-state index >= 15 is 28.0 Å². The van der Waals surface area contributed by atoms with Crippen LogP contribution >= 0.6 is 22.7 Å². The first-order valence-corrected chi connectivity index (χ1v) is 31.5. The van der Waals surface area contributed by atoms with E-state index in [0.29, 0.717) is 46.5 Å². The van der Waals surface area contributed by atoms with E-state index in [1.165, 1.54) is 12.1 Å². The molecule has 0 saturated heterocycles. The van der Waals surface area contributed by atoms with E-state index in [4.69, 9.17) is 18.9 Å². The van der Waals surface area contributed by atoms with Gasteiger partial charge in [-0.1, -0.05) is 146 Å². The zero-order valence-corrected chi connectivity index (χ0v) is 52.0. The number of rotatable bonds is 14. The van der Waals surface area contributed by atoms with Crippen molar-refractivity contribution in [1.29, 1.82) is 21.0 Å². The van der Waals surface area contributed by atoms with Gasteiger partial charge in [-0.05, 0) is 80.9 Å². The number of hydrogen-bond donors (Lipinski definition) is 0. The lowest BCUT2D eigenvalue weighted by Crippen LogP contribution is -2.47. The van der Waals surface area contributed by atoms with Gasteiger partial charge in [-0.3, -0.25) is 28.8 Å². The van der Waals surface area contributed by atoms with Gasteiger partial charge in [0, 0.05) is 66.1 Å². The molecule has 0 radical (unpaired) electrons. The highest BCUT2D eigenvalue weighted by molar-refractivity contribution is 7.18. The molecule has 0 spiro atoms. The monoisotopic (exact) mass is 1340 g/mol. The van der Waals surface area contributed by atoms with Crippen molar-refractivity contribution >= 4 is 102 Å². The van der Waals surface area contributed by atoms with Gasteiger partial charge in [0.25, 0.3) is 0 Å². The number of fused-ring (bicyclic) bond motifs is 9. The number of carbonyl (C=O) groups excluding carboxylic acids is 6. The van der Waals surface area contributed by atoms with Crippen molar-refractivity contribution in [3.8, 4) is 24.3 Å². The van der Waals surface area contributed by atoms with Gasteiger partial charge < -0.3 is 18.9 Å². The number of ether oxygens (including phenoxy) is 4. The molecule has 22 heteroatoms. The smallest absolute Gasteiger partial charge is 0.333 e. The van der Waals surface area contributed by atoms with Gasteiger partial charge in [0.1, 0.15) is 83.3 Å². The number of esters is 4. The maximum atomic E-state index is 15.8. The fraction of sp³-hybridized carbons (Fsp3) is 0.105. The van der Waals surface area contributed by atoms with Crippen LogP contribution in [0.2, 0.25) is 0 Å². The molecule has 16 nitrogen and oxygen atoms in total. The Morgan fingerprint density at radius 3 is 0.990 bits per heavy atom. The van der Waals surface area contributed by atoms with Crippen LogP contribution in [0, 0.1) is 80.4 Å². The Labute approximate surface area is 561 Å². The molecule has 2 unspecified atom stereocenters.